The fraction of sp³-hybridized carbons (Fsp3) is 0.360. The molecule has 2 aliphatic heterocycles. The lowest BCUT2D eigenvalue weighted by Crippen LogP contribution is -2.38. The molecule has 1 aliphatic carbocycles. The molecule has 1 fully saturated rings. The van der Waals surface area contributed by atoms with Crippen molar-refractivity contribution in [1.82, 2.24) is 4.90 Å². The minimum absolute atomic E-state index is 0.101. The molecule has 1 aromatic carbocycles. The Morgan fingerprint density at radius 3 is 2.70 bits per heavy atom. The standard InChI is InChI=1S/C25H25ClN4O2S/c26-17-4-6-18(7-5-17)30-20-2-1-3-21(31)24(20)23(19(13-27)25(30)28)22-12-16(15-33-22)14-29-8-10-32-11-9-29/h4-7,12,15,23H,1-3,8-11,14,28H2/t23-/m0/s1. The topological polar surface area (TPSA) is 82.6 Å². The second-order valence-electron chi connectivity index (χ2n) is 8.54. The van der Waals surface area contributed by atoms with Crippen LogP contribution in [0.5, 0.6) is 0 Å². The van der Waals surface area contributed by atoms with Gasteiger partial charge in [-0.1, -0.05) is 11.6 Å². The second kappa shape index (κ2) is 9.32. The highest BCUT2D eigenvalue weighted by atomic mass is 35.5. The van der Waals surface area contributed by atoms with Crippen molar-refractivity contribution in [2.24, 2.45) is 5.73 Å². The highest BCUT2D eigenvalue weighted by Gasteiger charge is 2.40. The number of nitrogens with zero attached hydrogens (tertiary/aromatic N) is 3. The fourth-order valence-corrected chi connectivity index (χ4v) is 6.05. The number of nitriles is 1. The van der Waals surface area contributed by atoms with Crippen LogP contribution in [0.15, 0.2) is 58.4 Å². The van der Waals surface area contributed by atoms with Gasteiger partial charge in [0, 0.05) is 52.9 Å². The number of anilines is 1. The average molecular weight is 481 g/mol. The Morgan fingerprint density at radius 2 is 1.97 bits per heavy atom. The van der Waals surface area contributed by atoms with Crippen molar-refractivity contribution >= 4 is 34.4 Å². The van der Waals surface area contributed by atoms with Crippen molar-refractivity contribution in [3.8, 4) is 6.07 Å². The summed E-state index contributed by atoms with van der Waals surface area (Å²) in [5.41, 5.74) is 10.7. The zero-order valence-corrected chi connectivity index (χ0v) is 19.8. The van der Waals surface area contributed by atoms with Crippen molar-refractivity contribution < 1.29 is 9.53 Å². The lowest BCUT2D eigenvalue weighted by Gasteiger charge is -2.39. The lowest BCUT2D eigenvalue weighted by molar-refractivity contribution is -0.116. The summed E-state index contributed by atoms with van der Waals surface area (Å²) >= 11 is 7.69. The first kappa shape index (κ1) is 22.2. The molecule has 1 saturated heterocycles. The van der Waals surface area contributed by atoms with Crippen LogP contribution in [-0.2, 0) is 16.1 Å². The van der Waals surface area contributed by atoms with E-state index < -0.39 is 5.92 Å². The Kier molecular flexibility index (Phi) is 6.26. The molecule has 1 aromatic heterocycles. The number of ketones is 1. The van der Waals surface area contributed by atoms with Gasteiger partial charge < -0.3 is 10.5 Å². The maximum absolute atomic E-state index is 13.2. The minimum Gasteiger partial charge on any atom is -0.384 e. The normalized spacial score (nSPS) is 21.9. The van der Waals surface area contributed by atoms with Crippen LogP contribution in [-0.4, -0.2) is 37.0 Å². The molecular formula is C25H25ClN4O2S. The summed E-state index contributed by atoms with van der Waals surface area (Å²) < 4.78 is 5.45. The van der Waals surface area contributed by atoms with Crippen molar-refractivity contribution in [3.63, 3.8) is 0 Å². The summed E-state index contributed by atoms with van der Waals surface area (Å²) in [7, 11) is 0. The van der Waals surface area contributed by atoms with E-state index in [4.69, 9.17) is 22.1 Å². The first-order chi connectivity index (χ1) is 16.1. The summed E-state index contributed by atoms with van der Waals surface area (Å²) in [6.45, 7) is 4.17. The quantitative estimate of drug-likeness (QED) is 0.691. The van der Waals surface area contributed by atoms with Gasteiger partial charge in [0.15, 0.2) is 5.78 Å². The Hall–Kier alpha value is -2.63. The Bertz CT molecular complexity index is 1170. The minimum atomic E-state index is -0.412. The van der Waals surface area contributed by atoms with E-state index in [1.165, 1.54) is 5.56 Å². The molecule has 3 aliphatic rings. The van der Waals surface area contributed by atoms with E-state index in [1.54, 1.807) is 23.5 Å². The largest absolute Gasteiger partial charge is 0.384 e. The van der Waals surface area contributed by atoms with E-state index in [1.807, 2.05) is 17.0 Å². The summed E-state index contributed by atoms with van der Waals surface area (Å²) in [4.78, 5) is 18.5. The fourth-order valence-electron chi connectivity index (χ4n) is 4.90. The number of rotatable bonds is 4. The van der Waals surface area contributed by atoms with Crippen LogP contribution in [0.25, 0.3) is 0 Å². The summed E-state index contributed by atoms with van der Waals surface area (Å²) in [5.74, 6) is 0.0785. The number of morpholine rings is 1. The molecule has 33 heavy (non-hydrogen) atoms. The second-order valence-corrected chi connectivity index (χ2v) is 9.92. The average Bonchev–Trinajstić information content (AvgIpc) is 3.28. The molecule has 0 bridgehead atoms. The Balaban J connectivity index is 1.56. The number of ether oxygens (including phenoxy) is 1. The van der Waals surface area contributed by atoms with E-state index >= 15 is 0 Å². The predicted octanol–water partition coefficient (Wildman–Crippen LogP) is 4.54. The summed E-state index contributed by atoms with van der Waals surface area (Å²) in [5, 5.41) is 12.9. The van der Waals surface area contributed by atoms with Crippen LogP contribution in [0.2, 0.25) is 5.02 Å². The van der Waals surface area contributed by atoms with Crippen LogP contribution in [0.1, 0.15) is 35.6 Å². The van der Waals surface area contributed by atoms with Gasteiger partial charge in [0.2, 0.25) is 0 Å². The van der Waals surface area contributed by atoms with E-state index in [0.717, 1.165) is 62.0 Å². The summed E-state index contributed by atoms with van der Waals surface area (Å²) in [6, 6.07) is 11.8. The van der Waals surface area contributed by atoms with Crippen LogP contribution in [0.3, 0.4) is 0 Å². The number of carbonyl (C=O) groups is 1. The summed E-state index contributed by atoms with van der Waals surface area (Å²) in [6.07, 6.45) is 2.01. The predicted molar refractivity (Wildman–Crippen MR) is 130 cm³/mol. The molecule has 0 radical (unpaired) electrons. The van der Waals surface area contributed by atoms with Gasteiger partial charge in [-0.2, -0.15) is 5.26 Å². The van der Waals surface area contributed by atoms with E-state index in [2.05, 4.69) is 22.4 Å². The Morgan fingerprint density at radius 1 is 1.21 bits per heavy atom. The first-order valence-corrected chi connectivity index (χ1v) is 12.4. The third-order valence-corrected chi connectivity index (χ3v) is 7.76. The van der Waals surface area contributed by atoms with Crippen molar-refractivity contribution in [3.05, 3.63) is 73.8 Å². The number of allylic oxidation sites excluding steroid dienone is 3. The van der Waals surface area contributed by atoms with Crippen LogP contribution >= 0.6 is 22.9 Å². The first-order valence-electron chi connectivity index (χ1n) is 11.2. The smallest absolute Gasteiger partial charge is 0.161 e. The molecule has 6 nitrogen and oxygen atoms in total. The number of thiophene rings is 1. The molecule has 2 aromatic rings. The highest BCUT2D eigenvalue weighted by molar-refractivity contribution is 7.10. The zero-order chi connectivity index (χ0) is 22.9. The molecule has 0 amide bonds. The molecule has 8 heteroatoms. The number of hydrogen-bond acceptors (Lipinski definition) is 7. The molecule has 2 N–H and O–H groups in total. The molecule has 5 rings (SSSR count). The number of hydrogen-bond donors (Lipinski definition) is 1. The van der Waals surface area contributed by atoms with Crippen LogP contribution in [0.4, 0.5) is 5.69 Å². The van der Waals surface area contributed by atoms with Crippen molar-refractivity contribution in [2.45, 2.75) is 31.7 Å². The van der Waals surface area contributed by atoms with E-state index in [0.29, 0.717) is 28.4 Å². The van der Waals surface area contributed by atoms with Gasteiger partial charge in [-0.05, 0) is 54.1 Å². The van der Waals surface area contributed by atoms with E-state index in [9.17, 15) is 10.1 Å². The van der Waals surface area contributed by atoms with Gasteiger partial charge in [-0.25, -0.2) is 0 Å². The van der Waals surface area contributed by atoms with Crippen molar-refractivity contribution in [1.29, 1.82) is 5.26 Å². The number of benzene rings is 1. The van der Waals surface area contributed by atoms with Gasteiger partial charge >= 0.3 is 0 Å². The molecule has 0 spiro atoms. The number of Topliss-reactive ketones (excluding diaryl/α,β-unsaturated/α-hetero) is 1. The van der Waals surface area contributed by atoms with Gasteiger partial charge in [0.25, 0.3) is 0 Å². The molecular weight excluding hydrogens is 456 g/mol. The maximum atomic E-state index is 13.2. The molecule has 170 valence electrons. The molecule has 1 atom stereocenters. The third kappa shape index (κ3) is 4.20. The zero-order valence-electron chi connectivity index (χ0n) is 18.2. The van der Waals surface area contributed by atoms with Gasteiger partial charge in [-0.15, -0.1) is 11.3 Å². The van der Waals surface area contributed by atoms with Crippen molar-refractivity contribution in [2.75, 3.05) is 31.2 Å². The molecule has 3 heterocycles. The molecule has 0 saturated carbocycles. The monoisotopic (exact) mass is 480 g/mol. The van der Waals surface area contributed by atoms with Gasteiger partial charge in [0.1, 0.15) is 5.82 Å². The SMILES string of the molecule is N#CC1=C(N)N(c2ccc(Cl)cc2)C2=C(C(=O)CCC2)[C@@H]1c1cc(CN2CCOCC2)cs1. The number of nitrogens with two attached hydrogens (primary N) is 1. The lowest BCUT2D eigenvalue weighted by atomic mass is 9.78. The van der Waals surface area contributed by atoms with Crippen LogP contribution < -0.4 is 10.6 Å². The van der Waals surface area contributed by atoms with Gasteiger partial charge in [-0.3, -0.25) is 14.6 Å². The number of carbonyl (C=O) groups excluding carboxylic acids is 1. The number of halogens is 1. The Labute approximate surface area is 202 Å². The van der Waals surface area contributed by atoms with E-state index in [-0.39, 0.29) is 5.78 Å². The van der Waals surface area contributed by atoms with Crippen LogP contribution in [0, 0.1) is 11.3 Å². The third-order valence-electron chi connectivity index (χ3n) is 6.47. The maximum Gasteiger partial charge on any atom is 0.161 e. The molecule has 0 unspecified atom stereocenters. The van der Waals surface area contributed by atoms with Gasteiger partial charge in [0.05, 0.1) is 30.8 Å². The highest BCUT2D eigenvalue weighted by Crippen LogP contribution is 2.47.